The van der Waals surface area contributed by atoms with Gasteiger partial charge >= 0.3 is 0 Å². The second kappa shape index (κ2) is 3.37. The van der Waals surface area contributed by atoms with Gasteiger partial charge in [0.15, 0.2) is 0 Å². The maximum absolute atomic E-state index is 9.27. The maximum Gasteiger partial charge on any atom is 0.0519 e. The largest absolute Gasteiger partial charge is 0.395 e. The Balaban J connectivity index is 2.87. The van der Waals surface area contributed by atoms with Gasteiger partial charge in [0.25, 0.3) is 0 Å². The van der Waals surface area contributed by atoms with Crippen LogP contribution in [0.2, 0.25) is 0 Å². The topological polar surface area (TPSA) is 20.2 Å². The van der Waals surface area contributed by atoms with Gasteiger partial charge in [-0.3, -0.25) is 0 Å². The van der Waals surface area contributed by atoms with Gasteiger partial charge in [-0.15, -0.1) is 0 Å². The number of rotatable bonds is 1. The molecule has 0 aromatic rings. The first-order valence-electron chi connectivity index (χ1n) is 5.54. The van der Waals surface area contributed by atoms with Gasteiger partial charge < -0.3 is 5.11 Å². The first-order valence-corrected chi connectivity index (χ1v) is 5.54. The van der Waals surface area contributed by atoms with Crippen LogP contribution in [0, 0.1) is 16.2 Å². The number of allylic oxidation sites excluding steroid dienone is 1. The van der Waals surface area contributed by atoms with Crippen molar-refractivity contribution in [2.45, 2.75) is 47.5 Å². The standard InChI is InChI=1S/C13H24O/c1-11(2,3)13(5)8-6-12(4,10-14)7-9-13/h6,8,14H,7,9-10H2,1-5H3. The van der Waals surface area contributed by atoms with Crippen LogP contribution in [0.25, 0.3) is 0 Å². The fourth-order valence-electron chi connectivity index (χ4n) is 1.85. The molecule has 1 N–H and O–H groups in total. The molecule has 0 bridgehead atoms. The van der Waals surface area contributed by atoms with E-state index in [4.69, 9.17) is 0 Å². The van der Waals surface area contributed by atoms with Crippen LogP contribution in [0.5, 0.6) is 0 Å². The van der Waals surface area contributed by atoms with Gasteiger partial charge in [-0.1, -0.05) is 46.8 Å². The van der Waals surface area contributed by atoms with Crippen molar-refractivity contribution < 1.29 is 5.11 Å². The van der Waals surface area contributed by atoms with Crippen LogP contribution in [-0.2, 0) is 0 Å². The summed E-state index contributed by atoms with van der Waals surface area (Å²) in [5.41, 5.74) is 0.604. The molecule has 0 amide bonds. The molecule has 0 heterocycles. The zero-order valence-electron chi connectivity index (χ0n) is 10.2. The lowest BCUT2D eigenvalue weighted by Crippen LogP contribution is -2.36. The lowest BCUT2D eigenvalue weighted by molar-refractivity contribution is 0.0926. The molecule has 1 aliphatic carbocycles. The van der Waals surface area contributed by atoms with Gasteiger partial charge in [0.2, 0.25) is 0 Å². The van der Waals surface area contributed by atoms with Crippen molar-refractivity contribution in [2.24, 2.45) is 16.2 Å². The van der Waals surface area contributed by atoms with E-state index in [1.165, 1.54) is 6.42 Å². The summed E-state index contributed by atoms with van der Waals surface area (Å²) >= 11 is 0. The summed E-state index contributed by atoms with van der Waals surface area (Å²) in [5, 5.41) is 9.27. The summed E-state index contributed by atoms with van der Waals surface area (Å²) in [6.45, 7) is 11.6. The van der Waals surface area contributed by atoms with Crippen molar-refractivity contribution >= 4 is 0 Å². The zero-order valence-corrected chi connectivity index (χ0v) is 10.2. The molecule has 2 atom stereocenters. The van der Waals surface area contributed by atoms with E-state index in [9.17, 15) is 5.11 Å². The predicted molar refractivity (Wildman–Crippen MR) is 61.1 cm³/mol. The molecule has 1 aliphatic rings. The molecule has 0 radical (unpaired) electrons. The molecular formula is C13H24O. The Morgan fingerprint density at radius 1 is 1.14 bits per heavy atom. The van der Waals surface area contributed by atoms with Crippen molar-refractivity contribution in [2.75, 3.05) is 6.61 Å². The summed E-state index contributed by atoms with van der Waals surface area (Å²) in [7, 11) is 0. The van der Waals surface area contributed by atoms with Crippen LogP contribution in [0.4, 0.5) is 0 Å². The molecule has 0 fully saturated rings. The third kappa shape index (κ3) is 2.03. The molecule has 1 nitrogen and oxygen atoms in total. The molecule has 1 rings (SSSR count). The van der Waals surface area contributed by atoms with Crippen molar-refractivity contribution in [1.82, 2.24) is 0 Å². The van der Waals surface area contributed by atoms with Crippen LogP contribution in [0.15, 0.2) is 12.2 Å². The Kier molecular flexibility index (Phi) is 2.84. The minimum atomic E-state index is 0.0186. The van der Waals surface area contributed by atoms with E-state index in [0.29, 0.717) is 5.41 Å². The van der Waals surface area contributed by atoms with E-state index in [2.05, 4.69) is 46.8 Å². The maximum atomic E-state index is 9.27. The Hall–Kier alpha value is -0.300. The number of hydrogen-bond acceptors (Lipinski definition) is 1. The van der Waals surface area contributed by atoms with Crippen LogP contribution < -0.4 is 0 Å². The lowest BCUT2D eigenvalue weighted by Gasteiger charge is -2.45. The third-order valence-electron chi connectivity index (χ3n) is 4.14. The molecule has 0 spiro atoms. The Morgan fingerprint density at radius 3 is 2.00 bits per heavy atom. The molecule has 0 aromatic carbocycles. The average Bonchev–Trinajstić information content (AvgIpc) is 2.09. The fourth-order valence-corrected chi connectivity index (χ4v) is 1.85. The summed E-state index contributed by atoms with van der Waals surface area (Å²) in [6.07, 6.45) is 6.78. The highest BCUT2D eigenvalue weighted by Gasteiger charge is 2.39. The third-order valence-corrected chi connectivity index (χ3v) is 4.14. The predicted octanol–water partition coefficient (Wildman–Crippen LogP) is 3.39. The molecule has 82 valence electrons. The van der Waals surface area contributed by atoms with E-state index in [-0.39, 0.29) is 17.4 Å². The van der Waals surface area contributed by atoms with Gasteiger partial charge in [0, 0.05) is 5.41 Å². The second-order valence-corrected chi connectivity index (χ2v) is 6.31. The SMILES string of the molecule is CC1(CO)C=CC(C)(C(C)(C)C)CC1. The number of aliphatic hydroxyl groups excluding tert-OH is 1. The summed E-state index contributed by atoms with van der Waals surface area (Å²) in [5.74, 6) is 0. The van der Waals surface area contributed by atoms with Crippen LogP contribution >= 0.6 is 0 Å². The van der Waals surface area contributed by atoms with Crippen molar-refractivity contribution in [3.05, 3.63) is 12.2 Å². The van der Waals surface area contributed by atoms with E-state index >= 15 is 0 Å². The first kappa shape index (κ1) is 11.8. The van der Waals surface area contributed by atoms with E-state index in [0.717, 1.165) is 6.42 Å². The summed E-state index contributed by atoms with van der Waals surface area (Å²) in [6, 6.07) is 0. The van der Waals surface area contributed by atoms with E-state index in [1.54, 1.807) is 0 Å². The van der Waals surface area contributed by atoms with E-state index < -0.39 is 0 Å². The molecule has 0 saturated carbocycles. The zero-order chi connectivity index (χ0) is 11.0. The second-order valence-electron chi connectivity index (χ2n) is 6.31. The van der Waals surface area contributed by atoms with Crippen LogP contribution in [0.3, 0.4) is 0 Å². The summed E-state index contributed by atoms with van der Waals surface area (Å²) in [4.78, 5) is 0. The number of hydrogen-bond donors (Lipinski definition) is 1. The molecule has 14 heavy (non-hydrogen) atoms. The van der Waals surface area contributed by atoms with Gasteiger partial charge in [0.1, 0.15) is 0 Å². The molecule has 0 aliphatic heterocycles. The Bertz CT molecular complexity index is 236. The molecule has 0 aromatic heterocycles. The molecular weight excluding hydrogens is 172 g/mol. The van der Waals surface area contributed by atoms with E-state index in [1.807, 2.05) is 0 Å². The quantitative estimate of drug-likeness (QED) is 0.637. The highest BCUT2D eigenvalue weighted by atomic mass is 16.3. The van der Waals surface area contributed by atoms with Gasteiger partial charge in [-0.25, -0.2) is 0 Å². The molecule has 0 saturated heterocycles. The first-order chi connectivity index (χ1) is 6.22. The molecule has 1 heteroatoms. The van der Waals surface area contributed by atoms with Crippen molar-refractivity contribution in [3.63, 3.8) is 0 Å². The minimum absolute atomic E-state index is 0.0186. The highest BCUT2D eigenvalue weighted by molar-refractivity contribution is 5.12. The normalized spacial score (nSPS) is 38.7. The number of aliphatic hydroxyl groups is 1. The van der Waals surface area contributed by atoms with Crippen molar-refractivity contribution in [3.8, 4) is 0 Å². The average molecular weight is 196 g/mol. The lowest BCUT2D eigenvalue weighted by atomic mass is 9.60. The Morgan fingerprint density at radius 2 is 1.71 bits per heavy atom. The van der Waals surface area contributed by atoms with Gasteiger partial charge in [0.05, 0.1) is 6.61 Å². The van der Waals surface area contributed by atoms with Gasteiger partial charge in [-0.05, 0) is 23.7 Å². The Labute approximate surface area is 88.2 Å². The fraction of sp³-hybridized carbons (Fsp3) is 0.846. The van der Waals surface area contributed by atoms with Crippen LogP contribution in [-0.4, -0.2) is 11.7 Å². The summed E-state index contributed by atoms with van der Waals surface area (Å²) < 4.78 is 0. The smallest absolute Gasteiger partial charge is 0.0519 e. The van der Waals surface area contributed by atoms with Crippen LogP contribution in [0.1, 0.15) is 47.5 Å². The highest BCUT2D eigenvalue weighted by Crippen LogP contribution is 2.49. The minimum Gasteiger partial charge on any atom is -0.395 e. The van der Waals surface area contributed by atoms with Gasteiger partial charge in [-0.2, -0.15) is 0 Å². The monoisotopic (exact) mass is 196 g/mol. The molecule has 2 unspecified atom stereocenters. The van der Waals surface area contributed by atoms with Crippen molar-refractivity contribution in [1.29, 1.82) is 0 Å².